The van der Waals surface area contributed by atoms with E-state index in [1.54, 1.807) is 17.3 Å². The van der Waals surface area contributed by atoms with E-state index in [-0.39, 0.29) is 13.0 Å². The van der Waals surface area contributed by atoms with Gasteiger partial charge in [0.05, 0.1) is 6.54 Å². The van der Waals surface area contributed by atoms with Crippen LogP contribution in [0.5, 0.6) is 0 Å². The minimum atomic E-state index is -2.56. The average Bonchev–Trinajstić information content (AvgIpc) is 2.89. The van der Waals surface area contributed by atoms with Crippen molar-refractivity contribution in [2.75, 3.05) is 18.0 Å². The van der Waals surface area contributed by atoms with Crippen molar-refractivity contribution in [2.24, 2.45) is 0 Å². The number of benzene rings is 1. The summed E-state index contributed by atoms with van der Waals surface area (Å²) in [4.78, 5) is 6.77. The van der Waals surface area contributed by atoms with Crippen molar-refractivity contribution in [2.45, 2.75) is 23.8 Å². The minimum Gasteiger partial charge on any atom is -0.365 e. The van der Waals surface area contributed by atoms with E-state index >= 15 is 0 Å². The molecule has 0 amide bonds. The van der Waals surface area contributed by atoms with Gasteiger partial charge in [0, 0.05) is 42.5 Å². The number of anilines is 1. The molecule has 0 radical (unpaired) electrons. The summed E-state index contributed by atoms with van der Waals surface area (Å²) < 4.78 is 29.7. The highest BCUT2D eigenvalue weighted by Gasteiger charge is 2.38. The van der Waals surface area contributed by atoms with Crippen molar-refractivity contribution < 1.29 is 8.78 Å². The van der Waals surface area contributed by atoms with Gasteiger partial charge < -0.3 is 4.90 Å². The Morgan fingerprint density at radius 2 is 1.86 bits per heavy atom. The smallest absolute Gasteiger partial charge is 0.266 e. The third-order valence-electron chi connectivity index (χ3n) is 3.59. The van der Waals surface area contributed by atoms with Crippen LogP contribution in [-0.2, 0) is 6.54 Å². The van der Waals surface area contributed by atoms with Crippen LogP contribution in [0.3, 0.4) is 0 Å². The topological polar surface area (TPSA) is 28.2 Å². The van der Waals surface area contributed by atoms with Gasteiger partial charge in [-0.25, -0.2) is 8.78 Å². The molecule has 0 aliphatic carbocycles. The minimum absolute atomic E-state index is 0.0585. The molecule has 0 bridgehead atoms. The molecular formula is C16H17F2N3S. The number of halogens is 2. The van der Waals surface area contributed by atoms with Crippen LogP contribution in [0.1, 0.15) is 12.0 Å². The molecule has 0 spiro atoms. The number of pyridine rings is 1. The number of nitrogens with one attached hydrogen (secondary N) is 1. The molecule has 1 aliphatic heterocycles. The number of nitrogens with zero attached hydrogens (tertiary/aromatic N) is 2. The van der Waals surface area contributed by atoms with Gasteiger partial charge in [0.15, 0.2) is 0 Å². The molecule has 2 aromatic rings. The van der Waals surface area contributed by atoms with E-state index in [2.05, 4.69) is 9.71 Å². The highest BCUT2D eigenvalue weighted by molar-refractivity contribution is 7.97. The fourth-order valence-corrected chi connectivity index (χ4v) is 3.06. The summed E-state index contributed by atoms with van der Waals surface area (Å²) in [6.07, 6.45) is 3.47. The largest absolute Gasteiger partial charge is 0.365 e. The van der Waals surface area contributed by atoms with E-state index in [4.69, 9.17) is 0 Å². The first-order chi connectivity index (χ1) is 10.6. The second-order valence-electron chi connectivity index (χ2n) is 5.30. The third-order valence-corrected chi connectivity index (χ3v) is 4.38. The molecule has 1 fully saturated rings. The Labute approximate surface area is 132 Å². The first kappa shape index (κ1) is 15.2. The van der Waals surface area contributed by atoms with E-state index in [0.29, 0.717) is 6.54 Å². The third kappa shape index (κ3) is 3.96. The maximum absolute atomic E-state index is 13.2. The van der Waals surface area contributed by atoms with Gasteiger partial charge in [-0.05, 0) is 53.9 Å². The number of hydrogen-bond acceptors (Lipinski definition) is 4. The number of hydrogen-bond donors (Lipinski definition) is 1. The van der Waals surface area contributed by atoms with Gasteiger partial charge in [0.25, 0.3) is 5.92 Å². The fourth-order valence-electron chi connectivity index (χ4n) is 2.38. The first-order valence-corrected chi connectivity index (χ1v) is 7.95. The summed E-state index contributed by atoms with van der Waals surface area (Å²) in [5.41, 5.74) is 2.02. The van der Waals surface area contributed by atoms with Gasteiger partial charge in [-0.3, -0.25) is 9.71 Å². The van der Waals surface area contributed by atoms with E-state index in [1.165, 1.54) is 17.5 Å². The molecule has 1 aromatic heterocycles. The van der Waals surface area contributed by atoms with Gasteiger partial charge in [-0.1, -0.05) is 0 Å². The van der Waals surface area contributed by atoms with Crippen LogP contribution in [0.15, 0.2) is 53.7 Å². The Kier molecular flexibility index (Phi) is 4.59. The van der Waals surface area contributed by atoms with Crippen molar-refractivity contribution in [3.63, 3.8) is 0 Å². The van der Waals surface area contributed by atoms with Crippen molar-refractivity contribution in [3.8, 4) is 0 Å². The van der Waals surface area contributed by atoms with Crippen LogP contribution >= 0.6 is 11.9 Å². The zero-order chi connectivity index (χ0) is 15.4. The zero-order valence-corrected chi connectivity index (χ0v) is 12.8. The zero-order valence-electron chi connectivity index (χ0n) is 12.0. The molecule has 1 N–H and O–H groups in total. The fraction of sp³-hybridized carbons (Fsp3) is 0.312. The Morgan fingerprint density at radius 3 is 2.50 bits per heavy atom. The Balaban J connectivity index is 1.51. The van der Waals surface area contributed by atoms with Gasteiger partial charge in [0.1, 0.15) is 0 Å². The molecule has 2 heterocycles. The predicted octanol–water partition coefficient (Wildman–Crippen LogP) is 3.72. The lowest BCUT2D eigenvalue weighted by atomic mass is 10.3. The van der Waals surface area contributed by atoms with Crippen molar-refractivity contribution in [1.29, 1.82) is 0 Å². The highest BCUT2D eigenvalue weighted by Crippen LogP contribution is 2.31. The average molecular weight is 321 g/mol. The van der Waals surface area contributed by atoms with Crippen LogP contribution < -0.4 is 9.62 Å². The van der Waals surface area contributed by atoms with E-state index in [1.807, 2.05) is 36.4 Å². The Morgan fingerprint density at radius 1 is 1.14 bits per heavy atom. The standard InChI is InChI=1S/C16H17F2N3S/c17-16(18)7-10-21(12-16)14-1-3-15(4-2-14)22-20-11-13-5-8-19-9-6-13/h1-6,8-9,20H,7,10-12H2. The van der Waals surface area contributed by atoms with Crippen molar-refractivity contribution in [3.05, 3.63) is 54.4 Å². The molecule has 0 atom stereocenters. The van der Waals surface area contributed by atoms with E-state index < -0.39 is 5.92 Å². The number of aromatic nitrogens is 1. The summed E-state index contributed by atoms with van der Waals surface area (Å²) in [6.45, 7) is 0.979. The molecule has 22 heavy (non-hydrogen) atoms. The molecule has 3 nitrogen and oxygen atoms in total. The van der Waals surface area contributed by atoms with Crippen molar-refractivity contribution >= 4 is 17.6 Å². The maximum atomic E-state index is 13.2. The SMILES string of the molecule is FC1(F)CCN(c2ccc(SNCc3ccncc3)cc2)C1. The molecule has 6 heteroatoms. The molecule has 0 saturated carbocycles. The van der Waals surface area contributed by atoms with Crippen LogP contribution in [0.25, 0.3) is 0 Å². The lowest BCUT2D eigenvalue weighted by Gasteiger charge is -2.18. The monoisotopic (exact) mass is 321 g/mol. The van der Waals surface area contributed by atoms with Gasteiger partial charge >= 0.3 is 0 Å². The van der Waals surface area contributed by atoms with Crippen LogP contribution in [-0.4, -0.2) is 24.0 Å². The van der Waals surface area contributed by atoms with E-state index in [9.17, 15) is 8.78 Å². The number of alkyl halides is 2. The summed E-state index contributed by atoms with van der Waals surface area (Å²) in [5, 5.41) is 0. The van der Waals surface area contributed by atoms with Crippen LogP contribution in [0, 0.1) is 0 Å². The molecule has 116 valence electrons. The summed E-state index contributed by atoms with van der Waals surface area (Å²) in [7, 11) is 0. The summed E-state index contributed by atoms with van der Waals surface area (Å²) >= 11 is 1.53. The van der Waals surface area contributed by atoms with Gasteiger partial charge in [0.2, 0.25) is 0 Å². The highest BCUT2D eigenvalue weighted by atomic mass is 32.2. The lowest BCUT2D eigenvalue weighted by molar-refractivity contribution is 0.0257. The molecule has 1 saturated heterocycles. The second-order valence-corrected chi connectivity index (χ2v) is 6.26. The lowest BCUT2D eigenvalue weighted by Crippen LogP contribution is -2.24. The molecule has 3 rings (SSSR count). The first-order valence-electron chi connectivity index (χ1n) is 7.14. The van der Waals surface area contributed by atoms with E-state index in [0.717, 1.165) is 17.1 Å². The van der Waals surface area contributed by atoms with Crippen LogP contribution in [0.4, 0.5) is 14.5 Å². The molecule has 1 aromatic carbocycles. The Hall–Kier alpha value is -1.66. The van der Waals surface area contributed by atoms with Gasteiger partial charge in [-0.2, -0.15) is 0 Å². The Bertz CT molecular complexity index is 605. The van der Waals surface area contributed by atoms with Gasteiger partial charge in [-0.15, -0.1) is 0 Å². The molecular weight excluding hydrogens is 304 g/mol. The van der Waals surface area contributed by atoms with Crippen LogP contribution in [0.2, 0.25) is 0 Å². The number of rotatable bonds is 5. The van der Waals surface area contributed by atoms with Crippen molar-refractivity contribution in [1.82, 2.24) is 9.71 Å². The summed E-state index contributed by atoms with van der Waals surface area (Å²) in [5.74, 6) is -2.56. The second kappa shape index (κ2) is 6.62. The summed E-state index contributed by atoms with van der Waals surface area (Å²) in [6, 6.07) is 11.6. The predicted molar refractivity (Wildman–Crippen MR) is 85.2 cm³/mol. The normalized spacial score (nSPS) is 16.9. The maximum Gasteiger partial charge on any atom is 0.266 e. The molecule has 0 unspecified atom stereocenters. The quantitative estimate of drug-likeness (QED) is 0.850. The molecule has 1 aliphatic rings.